The molecule has 0 radical (unpaired) electrons. The lowest BCUT2D eigenvalue weighted by molar-refractivity contribution is -0.120. The minimum Gasteiger partial charge on any atom is -0.374 e. The lowest BCUT2D eigenvalue weighted by atomic mass is 9.88. The zero-order chi connectivity index (χ0) is 19.7. The van der Waals surface area contributed by atoms with E-state index in [1.807, 2.05) is 32.0 Å². The quantitative estimate of drug-likeness (QED) is 0.716. The Hall–Kier alpha value is -2.61. The number of nitrogens with one attached hydrogen (secondary N) is 1. The van der Waals surface area contributed by atoms with Gasteiger partial charge in [-0.05, 0) is 25.8 Å². The van der Waals surface area contributed by atoms with Gasteiger partial charge in [0.2, 0.25) is 5.91 Å². The van der Waals surface area contributed by atoms with Gasteiger partial charge in [-0.25, -0.2) is 4.98 Å². The largest absolute Gasteiger partial charge is 0.374 e. The second kappa shape index (κ2) is 7.79. The van der Waals surface area contributed by atoms with E-state index in [1.54, 1.807) is 12.4 Å². The summed E-state index contributed by atoms with van der Waals surface area (Å²) in [5.74, 6) is 0.751. The molecule has 146 valence electrons. The summed E-state index contributed by atoms with van der Waals surface area (Å²) in [5.41, 5.74) is 1.66. The zero-order valence-electron chi connectivity index (χ0n) is 16.4. The van der Waals surface area contributed by atoms with Gasteiger partial charge in [0.15, 0.2) is 10.8 Å². The highest BCUT2D eigenvalue weighted by Crippen LogP contribution is 2.35. The minimum atomic E-state index is 0.0728. The van der Waals surface area contributed by atoms with Crippen molar-refractivity contribution in [2.45, 2.75) is 39.0 Å². The number of pyridine rings is 2. The van der Waals surface area contributed by atoms with E-state index in [9.17, 15) is 4.79 Å². The Kier molecular flexibility index (Phi) is 5.21. The monoisotopic (exact) mass is 396 g/mol. The van der Waals surface area contributed by atoms with Crippen LogP contribution in [0, 0.1) is 12.8 Å². The number of fused-ring (bicyclic) bond motifs is 1. The number of anilines is 2. The fourth-order valence-corrected chi connectivity index (χ4v) is 4.40. The molecule has 0 aromatic carbocycles. The number of carbonyl (C=O) groups excluding carboxylic acids is 1. The van der Waals surface area contributed by atoms with Gasteiger partial charge >= 0.3 is 0 Å². The van der Waals surface area contributed by atoms with Crippen LogP contribution in [0.4, 0.5) is 11.5 Å². The molecule has 3 heterocycles. The maximum Gasteiger partial charge on any atom is 0.228 e. The number of rotatable bonds is 4. The zero-order valence-corrected chi connectivity index (χ0v) is 17.2. The summed E-state index contributed by atoms with van der Waals surface area (Å²) in [6, 6.07) is 2.00. The molecular weight excluding hydrogens is 372 g/mol. The first-order valence-corrected chi connectivity index (χ1v) is 10.4. The minimum absolute atomic E-state index is 0.0728. The second-order valence-corrected chi connectivity index (χ2v) is 8.64. The third-order valence-corrected chi connectivity index (χ3v) is 6.02. The number of hydrogen-bond donors (Lipinski definition) is 1. The van der Waals surface area contributed by atoms with Crippen molar-refractivity contribution in [2.75, 3.05) is 24.3 Å². The van der Waals surface area contributed by atoms with Crippen molar-refractivity contribution in [2.24, 2.45) is 5.92 Å². The molecule has 1 N–H and O–H groups in total. The first kappa shape index (κ1) is 18.7. The number of nitrogens with zero attached hydrogens (tertiary/aromatic N) is 5. The van der Waals surface area contributed by atoms with Gasteiger partial charge in [0, 0.05) is 43.2 Å². The standard InChI is InChI=1S/C20H24N6OS/c1-12-24-25-20(28-12)16-9-15-14(10-21-16)11-22-18(17(15)26(2)3)23-19(27)13-7-5-4-6-8-13/h9-11,13H,4-8H2,1-3H3,(H,22,23,27). The van der Waals surface area contributed by atoms with E-state index in [1.165, 1.54) is 17.8 Å². The molecule has 0 saturated heterocycles. The van der Waals surface area contributed by atoms with E-state index in [0.717, 1.165) is 57.9 Å². The van der Waals surface area contributed by atoms with E-state index in [0.29, 0.717) is 5.82 Å². The highest BCUT2D eigenvalue weighted by Gasteiger charge is 2.23. The highest BCUT2D eigenvalue weighted by molar-refractivity contribution is 7.14. The van der Waals surface area contributed by atoms with Crippen molar-refractivity contribution in [3.8, 4) is 10.7 Å². The van der Waals surface area contributed by atoms with Crippen LogP contribution in [0.25, 0.3) is 21.5 Å². The maximum absolute atomic E-state index is 12.8. The molecule has 0 aliphatic heterocycles. The van der Waals surface area contributed by atoms with Crippen LogP contribution in [-0.2, 0) is 4.79 Å². The SMILES string of the molecule is Cc1nnc(-c2cc3c(N(C)C)c(NC(=O)C4CCCCC4)ncc3cn2)s1. The van der Waals surface area contributed by atoms with Crippen LogP contribution in [0.1, 0.15) is 37.1 Å². The number of amides is 1. The molecule has 1 aliphatic carbocycles. The van der Waals surface area contributed by atoms with Crippen LogP contribution < -0.4 is 10.2 Å². The topological polar surface area (TPSA) is 83.9 Å². The summed E-state index contributed by atoms with van der Waals surface area (Å²) < 4.78 is 0. The van der Waals surface area contributed by atoms with Gasteiger partial charge in [0.05, 0.1) is 5.69 Å². The molecule has 0 atom stereocenters. The summed E-state index contributed by atoms with van der Waals surface area (Å²) in [4.78, 5) is 23.8. The van der Waals surface area contributed by atoms with E-state index in [-0.39, 0.29) is 11.8 Å². The molecule has 1 amide bonds. The molecule has 1 saturated carbocycles. The van der Waals surface area contributed by atoms with E-state index in [2.05, 4.69) is 25.5 Å². The number of hydrogen-bond acceptors (Lipinski definition) is 7. The Morgan fingerprint density at radius 2 is 1.89 bits per heavy atom. The molecule has 1 aliphatic rings. The predicted molar refractivity (Wildman–Crippen MR) is 113 cm³/mol. The van der Waals surface area contributed by atoms with Crippen molar-refractivity contribution >= 4 is 39.5 Å². The van der Waals surface area contributed by atoms with Crippen molar-refractivity contribution in [1.82, 2.24) is 20.2 Å². The predicted octanol–water partition coefficient (Wildman–Crippen LogP) is 4.04. The number of carbonyl (C=O) groups is 1. The summed E-state index contributed by atoms with van der Waals surface area (Å²) in [6.45, 7) is 1.93. The summed E-state index contributed by atoms with van der Waals surface area (Å²) in [7, 11) is 3.92. The molecule has 1 fully saturated rings. The molecular formula is C20H24N6OS. The molecule has 8 heteroatoms. The average Bonchev–Trinajstić information content (AvgIpc) is 3.14. The summed E-state index contributed by atoms with van der Waals surface area (Å²) in [6.07, 6.45) is 8.96. The fraction of sp³-hybridized carbons (Fsp3) is 0.450. The van der Waals surface area contributed by atoms with Crippen LogP contribution >= 0.6 is 11.3 Å². The first-order valence-electron chi connectivity index (χ1n) is 9.60. The van der Waals surface area contributed by atoms with E-state index in [4.69, 9.17) is 0 Å². The third kappa shape index (κ3) is 3.69. The van der Waals surface area contributed by atoms with Crippen molar-refractivity contribution in [3.63, 3.8) is 0 Å². The Morgan fingerprint density at radius 1 is 1.14 bits per heavy atom. The Balaban J connectivity index is 1.74. The number of aryl methyl sites for hydroxylation is 1. The fourth-order valence-electron chi connectivity index (χ4n) is 3.74. The first-order chi connectivity index (χ1) is 13.5. The van der Waals surface area contributed by atoms with E-state index < -0.39 is 0 Å². The molecule has 0 spiro atoms. The number of aromatic nitrogens is 4. The van der Waals surface area contributed by atoms with Crippen molar-refractivity contribution in [1.29, 1.82) is 0 Å². The van der Waals surface area contributed by atoms with Gasteiger partial charge < -0.3 is 10.2 Å². The Morgan fingerprint density at radius 3 is 2.57 bits per heavy atom. The molecule has 0 bridgehead atoms. The van der Waals surface area contributed by atoms with Gasteiger partial charge in [-0.3, -0.25) is 9.78 Å². The Bertz CT molecular complexity index is 1010. The van der Waals surface area contributed by atoms with Crippen LogP contribution in [0.15, 0.2) is 18.5 Å². The molecule has 0 unspecified atom stereocenters. The van der Waals surface area contributed by atoms with Crippen LogP contribution in [-0.4, -0.2) is 40.2 Å². The maximum atomic E-state index is 12.8. The molecule has 4 rings (SSSR count). The third-order valence-electron chi connectivity index (χ3n) is 5.16. The van der Waals surface area contributed by atoms with Crippen LogP contribution in [0.5, 0.6) is 0 Å². The second-order valence-electron chi connectivity index (χ2n) is 7.46. The van der Waals surface area contributed by atoms with Crippen LogP contribution in [0.2, 0.25) is 0 Å². The van der Waals surface area contributed by atoms with Gasteiger partial charge in [0.1, 0.15) is 10.7 Å². The normalized spacial score (nSPS) is 15.0. The van der Waals surface area contributed by atoms with Gasteiger partial charge in [-0.2, -0.15) is 0 Å². The smallest absolute Gasteiger partial charge is 0.228 e. The van der Waals surface area contributed by atoms with Crippen LogP contribution in [0.3, 0.4) is 0 Å². The molecule has 7 nitrogen and oxygen atoms in total. The lowest BCUT2D eigenvalue weighted by Gasteiger charge is -2.23. The highest BCUT2D eigenvalue weighted by atomic mass is 32.1. The summed E-state index contributed by atoms with van der Waals surface area (Å²) in [5, 5.41) is 15.0. The van der Waals surface area contributed by atoms with Gasteiger partial charge in [0.25, 0.3) is 0 Å². The lowest BCUT2D eigenvalue weighted by Crippen LogP contribution is -2.26. The summed E-state index contributed by atoms with van der Waals surface area (Å²) >= 11 is 1.51. The molecule has 3 aromatic rings. The molecule has 3 aromatic heterocycles. The van der Waals surface area contributed by atoms with Gasteiger partial charge in [-0.15, -0.1) is 10.2 Å². The molecule has 28 heavy (non-hydrogen) atoms. The van der Waals surface area contributed by atoms with Gasteiger partial charge in [-0.1, -0.05) is 30.6 Å². The average molecular weight is 397 g/mol. The van der Waals surface area contributed by atoms with E-state index >= 15 is 0 Å². The van der Waals surface area contributed by atoms with Crippen molar-refractivity contribution < 1.29 is 4.79 Å². The Labute approximate surface area is 168 Å². The van der Waals surface area contributed by atoms with Crippen molar-refractivity contribution in [3.05, 3.63) is 23.5 Å².